The van der Waals surface area contributed by atoms with Crippen molar-refractivity contribution in [2.24, 2.45) is 5.73 Å². The fraction of sp³-hybridized carbons (Fsp3) is 0.267. The van der Waals surface area contributed by atoms with Crippen LogP contribution in [-0.4, -0.2) is 14.6 Å². The zero-order valence-corrected chi connectivity index (χ0v) is 12.1. The number of nitrogens with two attached hydrogens (primary N) is 1. The fourth-order valence-corrected chi connectivity index (χ4v) is 3.11. The van der Waals surface area contributed by atoms with E-state index in [9.17, 15) is 0 Å². The number of benzene rings is 1. The molecule has 3 rings (SSSR count). The van der Waals surface area contributed by atoms with E-state index < -0.39 is 0 Å². The lowest BCUT2D eigenvalue weighted by atomic mass is 10.00. The lowest BCUT2D eigenvalue weighted by Gasteiger charge is -2.13. The van der Waals surface area contributed by atoms with Crippen LogP contribution in [0.1, 0.15) is 35.5 Å². The van der Waals surface area contributed by atoms with Gasteiger partial charge >= 0.3 is 0 Å². The van der Waals surface area contributed by atoms with Gasteiger partial charge in [0.1, 0.15) is 0 Å². The van der Waals surface area contributed by atoms with E-state index in [1.165, 1.54) is 11.5 Å². The van der Waals surface area contributed by atoms with Crippen molar-refractivity contribution in [2.45, 2.75) is 25.8 Å². The van der Waals surface area contributed by atoms with Crippen molar-refractivity contribution in [2.75, 3.05) is 0 Å². The summed E-state index contributed by atoms with van der Waals surface area (Å²) in [6.45, 7) is 2.13. The minimum atomic E-state index is -0.213. The van der Waals surface area contributed by atoms with Gasteiger partial charge in [-0.05, 0) is 23.3 Å². The lowest BCUT2D eigenvalue weighted by molar-refractivity contribution is 0.815. The molecular formula is C15H16N4S. The minimum absolute atomic E-state index is 0.213. The Morgan fingerprint density at radius 1 is 1.25 bits per heavy atom. The smallest absolute Gasteiger partial charge is 0.0807 e. The van der Waals surface area contributed by atoms with Gasteiger partial charge in [0.15, 0.2) is 0 Å². The number of aromatic nitrogens is 3. The largest absolute Gasteiger partial charge is 0.319 e. The lowest BCUT2D eigenvalue weighted by Crippen LogP contribution is -2.13. The molecule has 1 atom stereocenters. The van der Waals surface area contributed by atoms with E-state index in [1.807, 2.05) is 24.5 Å². The Morgan fingerprint density at radius 3 is 2.95 bits per heavy atom. The van der Waals surface area contributed by atoms with Crippen LogP contribution in [0.15, 0.2) is 36.7 Å². The number of aryl methyl sites for hydroxylation is 1. The maximum Gasteiger partial charge on any atom is 0.0807 e. The third-order valence-electron chi connectivity index (χ3n) is 3.39. The number of nitrogens with zero attached hydrogens (tertiary/aromatic N) is 3. The van der Waals surface area contributed by atoms with E-state index in [4.69, 9.17) is 5.73 Å². The molecule has 0 saturated carbocycles. The Morgan fingerprint density at radius 2 is 2.10 bits per heavy atom. The molecule has 0 bridgehead atoms. The topological polar surface area (TPSA) is 64.7 Å². The van der Waals surface area contributed by atoms with Crippen LogP contribution in [0, 0.1) is 0 Å². The molecule has 20 heavy (non-hydrogen) atoms. The summed E-state index contributed by atoms with van der Waals surface area (Å²) < 4.78 is 4.06. The van der Waals surface area contributed by atoms with Crippen LogP contribution in [0.25, 0.3) is 10.8 Å². The summed E-state index contributed by atoms with van der Waals surface area (Å²) in [5, 5.41) is 6.45. The molecule has 1 aromatic carbocycles. The number of hydrogen-bond donors (Lipinski definition) is 1. The summed E-state index contributed by atoms with van der Waals surface area (Å²) in [4.78, 5) is 5.35. The molecule has 0 amide bonds. The highest BCUT2D eigenvalue weighted by Gasteiger charge is 2.19. The summed E-state index contributed by atoms with van der Waals surface area (Å²) in [5.74, 6) is 0. The van der Waals surface area contributed by atoms with Crippen LogP contribution in [-0.2, 0) is 6.42 Å². The second kappa shape index (κ2) is 5.64. The first-order chi connectivity index (χ1) is 9.81. The molecule has 5 heteroatoms. The second-order valence-corrected chi connectivity index (χ2v) is 5.55. The minimum Gasteiger partial charge on any atom is -0.319 e. The third kappa shape index (κ3) is 2.30. The molecule has 2 aromatic heterocycles. The first-order valence-electron chi connectivity index (χ1n) is 6.70. The number of rotatable bonds is 4. The molecule has 0 aliphatic carbocycles. The van der Waals surface area contributed by atoms with Gasteiger partial charge in [-0.2, -0.15) is 0 Å². The predicted molar refractivity (Wildman–Crippen MR) is 81.7 cm³/mol. The standard InChI is InChI=1S/C15H16N4S/c1-2-5-13-15(20-19-18-13)14(16)12-9-17-8-10-6-3-4-7-11(10)12/h3-4,6-9,14H,2,5,16H2,1H3. The van der Waals surface area contributed by atoms with Gasteiger partial charge in [-0.25, -0.2) is 0 Å². The summed E-state index contributed by atoms with van der Waals surface area (Å²) in [5.41, 5.74) is 8.49. The number of pyridine rings is 1. The van der Waals surface area contributed by atoms with Crippen molar-refractivity contribution in [3.8, 4) is 0 Å². The molecular weight excluding hydrogens is 268 g/mol. The number of fused-ring (bicyclic) bond motifs is 1. The average molecular weight is 284 g/mol. The van der Waals surface area contributed by atoms with Crippen molar-refractivity contribution < 1.29 is 0 Å². The highest BCUT2D eigenvalue weighted by atomic mass is 32.1. The van der Waals surface area contributed by atoms with Gasteiger partial charge in [-0.15, -0.1) is 5.10 Å². The molecule has 2 N–H and O–H groups in total. The Bertz CT molecular complexity index is 717. The molecule has 2 heterocycles. The van der Waals surface area contributed by atoms with E-state index in [2.05, 4.69) is 33.6 Å². The van der Waals surface area contributed by atoms with E-state index in [-0.39, 0.29) is 6.04 Å². The monoisotopic (exact) mass is 284 g/mol. The van der Waals surface area contributed by atoms with Gasteiger partial charge in [-0.3, -0.25) is 4.98 Å². The predicted octanol–water partition coefficient (Wildman–Crippen LogP) is 3.09. The molecule has 0 saturated heterocycles. The maximum atomic E-state index is 6.45. The van der Waals surface area contributed by atoms with Crippen molar-refractivity contribution >= 4 is 22.3 Å². The summed E-state index contributed by atoms with van der Waals surface area (Å²) in [7, 11) is 0. The molecule has 4 nitrogen and oxygen atoms in total. The van der Waals surface area contributed by atoms with Crippen molar-refractivity contribution in [3.05, 3.63) is 52.8 Å². The van der Waals surface area contributed by atoms with Crippen LogP contribution in [0.4, 0.5) is 0 Å². The highest BCUT2D eigenvalue weighted by Crippen LogP contribution is 2.29. The Hall–Kier alpha value is -1.85. The van der Waals surface area contributed by atoms with Crippen molar-refractivity contribution in [1.29, 1.82) is 0 Å². The number of hydrogen-bond acceptors (Lipinski definition) is 5. The SMILES string of the molecule is CCCc1nnsc1C(N)c1cncc2ccccc12. The second-order valence-electron chi connectivity index (χ2n) is 4.76. The van der Waals surface area contributed by atoms with Crippen LogP contribution in [0.5, 0.6) is 0 Å². The normalized spacial score (nSPS) is 12.7. The van der Waals surface area contributed by atoms with Gasteiger partial charge in [0.25, 0.3) is 0 Å². The molecule has 1 unspecified atom stereocenters. The summed E-state index contributed by atoms with van der Waals surface area (Å²) >= 11 is 1.39. The molecule has 102 valence electrons. The fourth-order valence-electron chi connectivity index (χ4n) is 2.39. The first-order valence-corrected chi connectivity index (χ1v) is 7.48. The van der Waals surface area contributed by atoms with E-state index in [1.54, 1.807) is 0 Å². The molecule has 3 aromatic rings. The Labute approximate surface area is 121 Å². The molecule has 0 aliphatic heterocycles. The Balaban J connectivity index is 2.08. The maximum absolute atomic E-state index is 6.45. The van der Waals surface area contributed by atoms with Crippen LogP contribution >= 0.6 is 11.5 Å². The quantitative estimate of drug-likeness (QED) is 0.799. The average Bonchev–Trinajstić information content (AvgIpc) is 2.94. The molecule has 0 aliphatic rings. The van der Waals surface area contributed by atoms with Gasteiger partial charge in [0.2, 0.25) is 0 Å². The first kappa shape index (κ1) is 13.1. The van der Waals surface area contributed by atoms with Crippen LogP contribution < -0.4 is 5.73 Å². The van der Waals surface area contributed by atoms with Crippen LogP contribution in [0.2, 0.25) is 0 Å². The third-order valence-corrected chi connectivity index (χ3v) is 4.24. The summed E-state index contributed by atoms with van der Waals surface area (Å²) in [6, 6.07) is 7.96. The Kier molecular flexibility index (Phi) is 3.71. The van der Waals surface area contributed by atoms with E-state index >= 15 is 0 Å². The van der Waals surface area contributed by atoms with Gasteiger partial charge in [0.05, 0.1) is 16.6 Å². The summed E-state index contributed by atoms with van der Waals surface area (Å²) in [6.07, 6.45) is 5.67. The van der Waals surface area contributed by atoms with Gasteiger partial charge in [0, 0.05) is 23.3 Å². The van der Waals surface area contributed by atoms with Gasteiger partial charge < -0.3 is 5.73 Å². The van der Waals surface area contributed by atoms with E-state index in [0.29, 0.717) is 0 Å². The zero-order valence-electron chi connectivity index (χ0n) is 11.3. The van der Waals surface area contributed by atoms with Crippen molar-refractivity contribution in [3.63, 3.8) is 0 Å². The molecule has 0 spiro atoms. The van der Waals surface area contributed by atoms with E-state index in [0.717, 1.165) is 39.7 Å². The molecule has 0 fully saturated rings. The van der Waals surface area contributed by atoms with Gasteiger partial charge in [-0.1, -0.05) is 42.1 Å². The zero-order chi connectivity index (χ0) is 13.9. The highest BCUT2D eigenvalue weighted by molar-refractivity contribution is 7.05. The van der Waals surface area contributed by atoms with Crippen molar-refractivity contribution in [1.82, 2.24) is 14.6 Å². The molecule has 0 radical (unpaired) electrons. The van der Waals surface area contributed by atoms with Crippen LogP contribution in [0.3, 0.4) is 0 Å².